The lowest BCUT2D eigenvalue weighted by molar-refractivity contribution is -0.154. The predicted molar refractivity (Wildman–Crippen MR) is 68.5 cm³/mol. The van der Waals surface area contributed by atoms with Gasteiger partial charge >= 0.3 is 5.97 Å². The maximum atomic E-state index is 11.8. The van der Waals surface area contributed by atoms with Gasteiger partial charge < -0.3 is 9.47 Å². The average Bonchev–Trinajstić information content (AvgIpc) is 3.07. The van der Waals surface area contributed by atoms with Gasteiger partial charge in [0.05, 0.1) is 13.2 Å². The van der Waals surface area contributed by atoms with Crippen LogP contribution in [0.25, 0.3) is 0 Å². The molecule has 1 N–H and O–H groups in total. The molecule has 1 heterocycles. The summed E-state index contributed by atoms with van der Waals surface area (Å²) in [6, 6.07) is 7.54. The van der Waals surface area contributed by atoms with E-state index in [0.717, 1.165) is 11.3 Å². The van der Waals surface area contributed by atoms with Gasteiger partial charge in [0.1, 0.15) is 17.4 Å². The highest BCUT2D eigenvalue weighted by Crippen LogP contribution is 2.32. The molecule has 1 aromatic rings. The second kappa shape index (κ2) is 4.61. The van der Waals surface area contributed by atoms with Gasteiger partial charge in [-0.3, -0.25) is 10.1 Å². The monoisotopic (exact) mass is 249 g/mol. The van der Waals surface area contributed by atoms with Gasteiger partial charge in [-0.05, 0) is 38.5 Å². The van der Waals surface area contributed by atoms with Crippen LogP contribution in [0.5, 0.6) is 5.75 Å². The number of carbonyl (C=O) groups excluding carboxylic acids is 1. The molecule has 0 unspecified atom stereocenters. The van der Waals surface area contributed by atoms with E-state index in [4.69, 9.17) is 9.47 Å². The van der Waals surface area contributed by atoms with Gasteiger partial charge in [0.25, 0.3) is 0 Å². The second-order valence-corrected chi connectivity index (χ2v) is 5.43. The summed E-state index contributed by atoms with van der Waals surface area (Å²) >= 11 is 0. The minimum atomic E-state index is -0.439. The summed E-state index contributed by atoms with van der Waals surface area (Å²) < 4.78 is 10.4. The summed E-state index contributed by atoms with van der Waals surface area (Å²) in [6.07, 6.45) is 0. The first-order valence-electron chi connectivity index (χ1n) is 6.03. The van der Waals surface area contributed by atoms with Crippen molar-refractivity contribution in [3.8, 4) is 5.75 Å². The zero-order valence-electron chi connectivity index (χ0n) is 11.2. The summed E-state index contributed by atoms with van der Waals surface area (Å²) in [5.41, 5.74) is 0.637. The minimum Gasteiger partial charge on any atom is -0.497 e. The first-order chi connectivity index (χ1) is 8.40. The first-order valence-corrected chi connectivity index (χ1v) is 6.03. The largest absolute Gasteiger partial charge is 0.497 e. The number of methoxy groups -OCH3 is 1. The van der Waals surface area contributed by atoms with Crippen molar-refractivity contribution >= 4 is 5.97 Å². The lowest BCUT2D eigenvalue weighted by Crippen LogP contribution is -2.27. The molecule has 2 rings (SSSR count). The van der Waals surface area contributed by atoms with Crippen molar-refractivity contribution in [2.24, 2.45) is 0 Å². The van der Waals surface area contributed by atoms with Crippen LogP contribution in [-0.2, 0) is 9.53 Å². The van der Waals surface area contributed by atoms with Crippen molar-refractivity contribution in [2.45, 2.75) is 38.5 Å². The molecule has 0 spiro atoms. The molecule has 4 nitrogen and oxygen atoms in total. The molecule has 0 aliphatic carbocycles. The Bertz CT molecular complexity index is 433. The molecular weight excluding hydrogens is 230 g/mol. The van der Waals surface area contributed by atoms with Crippen LogP contribution < -0.4 is 10.1 Å². The molecule has 0 amide bonds. The number of hydrogen-bond acceptors (Lipinski definition) is 4. The van der Waals surface area contributed by atoms with Gasteiger partial charge in [-0.2, -0.15) is 0 Å². The van der Waals surface area contributed by atoms with Crippen molar-refractivity contribution in [2.75, 3.05) is 7.11 Å². The lowest BCUT2D eigenvalue weighted by atomic mass is 10.1. The fourth-order valence-electron chi connectivity index (χ4n) is 1.81. The Labute approximate surface area is 107 Å². The standard InChI is InChI=1S/C14H19NO3/c1-14(2,3)18-13(16)12-11(15-12)9-5-7-10(17-4)8-6-9/h5-8,11-12,15H,1-4H3/t11-,12+/m1/s1. The van der Waals surface area contributed by atoms with Crippen LogP contribution in [0, 0.1) is 0 Å². The van der Waals surface area contributed by atoms with Gasteiger partial charge in [-0.1, -0.05) is 12.1 Å². The fraction of sp³-hybridized carbons (Fsp3) is 0.500. The minimum absolute atomic E-state index is 0.0609. The van der Waals surface area contributed by atoms with Crippen LogP contribution in [0.2, 0.25) is 0 Å². The molecular formula is C14H19NO3. The zero-order valence-corrected chi connectivity index (χ0v) is 11.2. The molecule has 1 fully saturated rings. The number of rotatable bonds is 3. The van der Waals surface area contributed by atoms with Crippen LogP contribution in [0.15, 0.2) is 24.3 Å². The van der Waals surface area contributed by atoms with Crippen molar-refractivity contribution in [1.29, 1.82) is 0 Å². The fourth-order valence-corrected chi connectivity index (χ4v) is 1.81. The Hall–Kier alpha value is -1.55. The van der Waals surface area contributed by atoms with Gasteiger partial charge in [-0.15, -0.1) is 0 Å². The molecule has 4 heteroatoms. The molecule has 1 aromatic carbocycles. The van der Waals surface area contributed by atoms with E-state index in [2.05, 4.69) is 5.32 Å². The summed E-state index contributed by atoms with van der Waals surface area (Å²) in [4.78, 5) is 11.8. The second-order valence-electron chi connectivity index (χ2n) is 5.43. The van der Waals surface area contributed by atoms with E-state index >= 15 is 0 Å². The summed E-state index contributed by atoms with van der Waals surface area (Å²) in [5.74, 6) is 0.622. The van der Waals surface area contributed by atoms with Gasteiger partial charge in [0.2, 0.25) is 0 Å². The first kappa shape index (κ1) is 12.9. The number of hydrogen-bond donors (Lipinski definition) is 1. The topological polar surface area (TPSA) is 57.5 Å². The third kappa shape index (κ3) is 3.01. The maximum Gasteiger partial charge on any atom is 0.325 e. The summed E-state index contributed by atoms with van der Waals surface area (Å²) in [7, 11) is 1.63. The van der Waals surface area contributed by atoms with E-state index in [1.54, 1.807) is 7.11 Å². The Morgan fingerprint density at radius 1 is 1.22 bits per heavy atom. The number of esters is 1. The molecule has 0 aromatic heterocycles. The molecule has 1 aliphatic heterocycles. The SMILES string of the molecule is COc1ccc([C@H]2N[C@@H]2C(=O)OC(C)(C)C)cc1. The maximum absolute atomic E-state index is 11.8. The van der Waals surface area contributed by atoms with E-state index in [1.807, 2.05) is 45.0 Å². The average molecular weight is 249 g/mol. The third-order valence-electron chi connectivity index (χ3n) is 2.72. The van der Waals surface area contributed by atoms with E-state index in [9.17, 15) is 4.79 Å². The van der Waals surface area contributed by atoms with E-state index in [0.29, 0.717) is 0 Å². The smallest absolute Gasteiger partial charge is 0.325 e. The predicted octanol–water partition coefficient (Wildman–Crippen LogP) is 2.05. The molecule has 0 bridgehead atoms. The molecule has 0 saturated carbocycles. The van der Waals surface area contributed by atoms with Gasteiger partial charge in [0.15, 0.2) is 0 Å². The molecule has 2 atom stereocenters. The molecule has 0 radical (unpaired) electrons. The quantitative estimate of drug-likeness (QED) is 0.658. The number of nitrogens with one attached hydrogen (secondary N) is 1. The number of ether oxygens (including phenoxy) is 2. The highest BCUT2D eigenvalue weighted by Gasteiger charge is 2.45. The molecule has 18 heavy (non-hydrogen) atoms. The highest BCUT2D eigenvalue weighted by atomic mass is 16.6. The lowest BCUT2D eigenvalue weighted by Gasteiger charge is -2.19. The molecule has 98 valence electrons. The van der Waals surface area contributed by atoms with Crippen molar-refractivity contribution in [3.63, 3.8) is 0 Å². The van der Waals surface area contributed by atoms with E-state index < -0.39 is 5.60 Å². The number of carbonyl (C=O) groups is 1. The Kier molecular flexibility index (Phi) is 3.30. The van der Waals surface area contributed by atoms with Crippen molar-refractivity contribution in [1.82, 2.24) is 5.32 Å². The third-order valence-corrected chi connectivity index (χ3v) is 2.72. The van der Waals surface area contributed by atoms with Gasteiger partial charge in [0, 0.05) is 0 Å². The summed E-state index contributed by atoms with van der Waals surface area (Å²) in [6.45, 7) is 5.61. The van der Waals surface area contributed by atoms with Crippen molar-refractivity contribution in [3.05, 3.63) is 29.8 Å². The molecule has 1 aliphatic rings. The van der Waals surface area contributed by atoms with Crippen LogP contribution in [0.4, 0.5) is 0 Å². The van der Waals surface area contributed by atoms with Crippen LogP contribution in [0.3, 0.4) is 0 Å². The van der Waals surface area contributed by atoms with Crippen LogP contribution >= 0.6 is 0 Å². The Morgan fingerprint density at radius 2 is 1.83 bits per heavy atom. The van der Waals surface area contributed by atoms with E-state index in [-0.39, 0.29) is 18.1 Å². The van der Waals surface area contributed by atoms with Crippen molar-refractivity contribution < 1.29 is 14.3 Å². The highest BCUT2D eigenvalue weighted by molar-refractivity contribution is 5.81. The van der Waals surface area contributed by atoms with Crippen LogP contribution in [-0.4, -0.2) is 24.7 Å². The van der Waals surface area contributed by atoms with E-state index in [1.165, 1.54) is 0 Å². The summed E-state index contributed by atoms with van der Waals surface area (Å²) in [5, 5.41) is 3.13. The normalized spacial score (nSPS) is 22.4. The van der Waals surface area contributed by atoms with Gasteiger partial charge in [-0.25, -0.2) is 0 Å². The zero-order chi connectivity index (χ0) is 13.3. The van der Waals surface area contributed by atoms with Crippen LogP contribution in [0.1, 0.15) is 32.4 Å². The number of benzene rings is 1. The Balaban J connectivity index is 1.96. The molecule has 1 saturated heterocycles. The Morgan fingerprint density at radius 3 is 2.33 bits per heavy atom.